The molecule has 1 heterocycles. The third-order valence-electron chi connectivity index (χ3n) is 3.10. The highest BCUT2D eigenvalue weighted by molar-refractivity contribution is 7.07. The van der Waals surface area contributed by atoms with Gasteiger partial charge in [-0.05, 0) is 40.3 Å². The summed E-state index contributed by atoms with van der Waals surface area (Å²) in [6.45, 7) is 0.977. The Labute approximate surface area is 111 Å². The number of benzene rings is 2. The van der Waals surface area contributed by atoms with Crippen LogP contribution in [0.1, 0.15) is 5.56 Å². The highest BCUT2D eigenvalue weighted by Crippen LogP contribution is 2.22. The van der Waals surface area contributed by atoms with Gasteiger partial charge < -0.3 is 5.32 Å². The van der Waals surface area contributed by atoms with Gasteiger partial charge in [0, 0.05) is 17.6 Å². The Morgan fingerprint density at radius 3 is 2.72 bits per heavy atom. The quantitative estimate of drug-likeness (QED) is 0.719. The second-order valence-corrected chi connectivity index (χ2v) is 5.12. The van der Waals surface area contributed by atoms with Crippen molar-refractivity contribution >= 4 is 27.8 Å². The van der Waals surface area contributed by atoms with Crippen molar-refractivity contribution < 1.29 is 0 Å². The van der Waals surface area contributed by atoms with Crippen molar-refractivity contribution in [3.63, 3.8) is 0 Å². The number of nitrogens with one attached hydrogen (secondary N) is 1. The summed E-state index contributed by atoms with van der Waals surface area (Å²) in [6, 6.07) is 17.1. The molecule has 0 bridgehead atoms. The van der Waals surface area contributed by atoms with Crippen molar-refractivity contribution in [2.75, 3.05) is 11.9 Å². The van der Waals surface area contributed by atoms with Gasteiger partial charge in [0.25, 0.3) is 0 Å². The smallest absolute Gasteiger partial charge is 0.0419 e. The van der Waals surface area contributed by atoms with E-state index in [9.17, 15) is 0 Å². The molecule has 0 aliphatic heterocycles. The molecule has 90 valence electrons. The van der Waals surface area contributed by atoms with Crippen molar-refractivity contribution in [2.45, 2.75) is 6.42 Å². The Morgan fingerprint density at radius 1 is 0.944 bits per heavy atom. The van der Waals surface area contributed by atoms with Crippen LogP contribution in [0.2, 0.25) is 0 Å². The molecule has 1 aromatic heterocycles. The minimum absolute atomic E-state index is 0.977. The Hall–Kier alpha value is -1.80. The maximum absolute atomic E-state index is 3.53. The predicted molar refractivity (Wildman–Crippen MR) is 80.5 cm³/mol. The van der Waals surface area contributed by atoms with Gasteiger partial charge in [-0.25, -0.2) is 0 Å². The maximum Gasteiger partial charge on any atom is 0.0419 e. The average Bonchev–Trinajstić information content (AvgIpc) is 2.92. The molecule has 0 unspecified atom stereocenters. The molecular formula is C16H15NS. The van der Waals surface area contributed by atoms with E-state index < -0.39 is 0 Å². The van der Waals surface area contributed by atoms with E-state index in [1.54, 1.807) is 11.3 Å². The summed E-state index contributed by atoms with van der Waals surface area (Å²) in [5.41, 5.74) is 2.64. The van der Waals surface area contributed by atoms with Crippen LogP contribution in [0.4, 0.5) is 5.69 Å². The minimum atomic E-state index is 0.977. The summed E-state index contributed by atoms with van der Waals surface area (Å²) in [5.74, 6) is 0. The van der Waals surface area contributed by atoms with E-state index in [0.29, 0.717) is 0 Å². The molecule has 1 N–H and O–H groups in total. The molecular weight excluding hydrogens is 238 g/mol. The van der Waals surface area contributed by atoms with Crippen LogP contribution < -0.4 is 5.32 Å². The van der Waals surface area contributed by atoms with Crippen molar-refractivity contribution in [3.8, 4) is 0 Å². The molecule has 3 aromatic rings. The zero-order chi connectivity index (χ0) is 12.2. The fourth-order valence-electron chi connectivity index (χ4n) is 2.16. The third kappa shape index (κ3) is 2.39. The molecule has 3 rings (SSSR count). The van der Waals surface area contributed by atoms with E-state index in [1.807, 2.05) is 0 Å². The Kier molecular flexibility index (Phi) is 3.29. The van der Waals surface area contributed by atoms with E-state index in [-0.39, 0.29) is 0 Å². The molecule has 2 heteroatoms. The topological polar surface area (TPSA) is 12.0 Å². The van der Waals surface area contributed by atoms with E-state index in [1.165, 1.54) is 22.0 Å². The van der Waals surface area contributed by atoms with Gasteiger partial charge in [0.1, 0.15) is 0 Å². The van der Waals surface area contributed by atoms with E-state index in [2.05, 4.69) is 64.6 Å². The molecule has 0 spiro atoms. The van der Waals surface area contributed by atoms with Crippen LogP contribution in [-0.4, -0.2) is 6.54 Å². The summed E-state index contributed by atoms with van der Waals surface area (Å²) >= 11 is 1.76. The van der Waals surface area contributed by atoms with Crippen LogP contribution >= 0.6 is 11.3 Å². The number of hydrogen-bond acceptors (Lipinski definition) is 2. The summed E-state index contributed by atoms with van der Waals surface area (Å²) < 4.78 is 0. The SMILES string of the molecule is c1ccc2c(NCCc3ccsc3)cccc2c1. The van der Waals surface area contributed by atoms with Crippen LogP contribution in [0.25, 0.3) is 10.8 Å². The zero-order valence-corrected chi connectivity index (χ0v) is 10.9. The number of thiophene rings is 1. The van der Waals surface area contributed by atoms with Gasteiger partial charge in [-0.15, -0.1) is 0 Å². The number of hydrogen-bond donors (Lipinski definition) is 1. The standard InChI is InChI=1S/C16H15NS/c1-2-6-15-14(4-1)5-3-7-16(15)17-10-8-13-9-11-18-12-13/h1-7,9,11-12,17H,8,10H2. The second kappa shape index (κ2) is 5.23. The second-order valence-electron chi connectivity index (χ2n) is 4.34. The lowest BCUT2D eigenvalue weighted by atomic mass is 10.1. The summed E-state index contributed by atoms with van der Waals surface area (Å²) in [7, 11) is 0. The molecule has 0 aliphatic carbocycles. The molecule has 0 amide bonds. The maximum atomic E-state index is 3.53. The van der Waals surface area contributed by atoms with E-state index in [0.717, 1.165) is 13.0 Å². The summed E-state index contributed by atoms with van der Waals surface area (Å²) in [6.07, 6.45) is 1.08. The fraction of sp³-hybridized carbons (Fsp3) is 0.125. The number of fused-ring (bicyclic) bond motifs is 1. The van der Waals surface area contributed by atoms with Gasteiger partial charge in [0.15, 0.2) is 0 Å². The van der Waals surface area contributed by atoms with E-state index in [4.69, 9.17) is 0 Å². The highest BCUT2D eigenvalue weighted by atomic mass is 32.1. The molecule has 0 saturated carbocycles. The molecule has 0 fully saturated rings. The van der Waals surface area contributed by atoms with Crippen LogP contribution in [0.15, 0.2) is 59.3 Å². The van der Waals surface area contributed by atoms with Gasteiger partial charge in [-0.3, -0.25) is 0 Å². The Balaban J connectivity index is 1.74. The van der Waals surface area contributed by atoms with Crippen molar-refractivity contribution in [2.24, 2.45) is 0 Å². The molecule has 0 atom stereocenters. The Bertz CT molecular complexity index is 623. The third-order valence-corrected chi connectivity index (χ3v) is 3.83. The largest absolute Gasteiger partial charge is 0.384 e. The van der Waals surface area contributed by atoms with Crippen LogP contribution in [0.5, 0.6) is 0 Å². The summed E-state index contributed by atoms with van der Waals surface area (Å²) in [5, 5.41) is 10.5. The average molecular weight is 253 g/mol. The minimum Gasteiger partial charge on any atom is -0.384 e. The Morgan fingerprint density at radius 2 is 1.83 bits per heavy atom. The first kappa shape index (κ1) is 11.3. The van der Waals surface area contributed by atoms with Crippen LogP contribution in [0.3, 0.4) is 0 Å². The molecule has 1 nitrogen and oxygen atoms in total. The van der Waals surface area contributed by atoms with Crippen LogP contribution in [-0.2, 0) is 6.42 Å². The lowest BCUT2D eigenvalue weighted by molar-refractivity contribution is 1.03. The number of rotatable bonds is 4. The lowest BCUT2D eigenvalue weighted by Gasteiger charge is -2.09. The first-order valence-corrected chi connectivity index (χ1v) is 7.10. The lowest BCUT2D eigenvalue weighted by Crippen LogP contribution is -2.04. The monoisotopic (exact) mass is 253 g/mol. The molecule has 0 saturated heterocycles. The zero-order valence-electron chi connectivity index (χ0n) is 10.1. The van der Waals surface area contributed by atoms with E-state index >= 15 is 0 Å². The van der Waals surface area contributed by atoms with Gasteiger partial charge in [0.05, 0.1) is 0 Å². The van der Waals surface area contributed by atoms with Gasteiger partial charge >= 0.3 is 0 Å². The van der Waals surface area contributed by atoms with Gasteiger partial charge in [-0.2, -0.15) is 11.3 Å². The summed E-state index contributed by atoms with van der Waals surface area (Å²) in [4.78, 5) is 0. The van der Waals surface area contributed by atoms with Crippen molar-refractivity contribution in [3.05, 3.63) is 64.9 Å². The first-order chi connectivity index (χ1) is 8.93. The van der Waals surface area contributed by atoms with Gasteiger partial charge in [-0.1, -0.05) is 36.4 Å². The van der Waals surface area contributed by atoms with Crippen molar-refractivity contribution in [1.82, 2.24) is 0 Å². The fourth-order valence-corrected chi connectivity index (χ4v) is 2.86. The predicted octanol–water partition coefficient (Wildman–Crippen LogP) is 4.56. The normalized spacial score (nSPS) is 10.7. The molecule has 0 radical (unpaired) electrons. The van der Waals surface area contributed by atoms with Crippen LogP contribution in [0, 0.1) is 0 Å². The number of anilines is 1. The first-order valence-electron chi connectivity index (χ1n) is 6.16. The van der Waals surface area contributed by atoms with Crippen molar-refractivity contribution in [1.29, 1.82) is 0 Å². The highest BCUT2D eigenvalue weighted by Gasteiger charge is 1.99. The molecule has 2 aromatic carbocycles. The van der Waals surface area contributed by atoms with Gasteiger partial charge in [0.2, 0.25) is 0 Å². The molecule has 18 heavy (non-hydrogen) atoms. The molecule has 0 aliphatic rings.